The minimum atomic E-state index is 0.233. The van der Waals surface area contributed by atoms with Crippen molar-refractivity contribution < 1.29 is 9.84 Å². The molecule has 0 aliphatic rings. The van der Waals surface area contributed by atoms with Gasteiger partial charge in [0.15, 0.2) is 5.75 Å². The van der Waals surface area contributed by atoms with Gasteiger partial charge in [0.25, 0.3) is 0 Å². The monoisotopic (exact) mass is 170 g/mol. The Balaban J connectivity index is 2.15. The van der Waals surface area contributed by atoms with Gasteiger partial charge in [-0.3, -0.25) is 4.68 Å². The van der Waals surface area contributed by atoms with Gasteiger partial charge in [0, 0.05) is 13.7 Å². The predicted molar refractivity (Wildman–Crippen MR) is 45.0 cm³/mol. The molecule has 0 aromatic carbocycles. The van der Waals surface area contributed by atoms with Crippen molar-refractivity contribution in [2.75, 3.05) is 13.2 Å². The molecule has 1 rings (SSSR count). The molecule has 0 saturated carbocycles. The van der Waals surface area contributed by atoms with Crippen LogP contribution in [0.3, 0.4) is 0 Å². The molecular formula is C8H14N2O2. The number of nitrogens with zero attached hydrogens (tertiary/aromatic N) is 2. The summed E-state index contributed by atoms with van der Waals surface area (Å²) in [5, 5.41) is 12.5. The van der Waals surface area contributed by atoms with Gasteiger partial charge in [0.05, 0.1) is 19.0 Å². The summed E-state index contributed by atoms with van der Waals surface area (Å²) in [6.45, 7) is 0.878. The summed E-state index contributed by atoms with van der Waals surface area (Å²) in [7, 11) is 1.85. The molecule has 0 atom stereocenters. The molecule has 68 valence electrons. The summed E-state index contributed by atoms with van der Waals surface area (Å²) in [5.41, 5.74) is 0. The van der Waals surface area contributed by atoms with E-state index in [2.05, 4.69) is 5.10 Å². The summed E-state index contributed by atoms with van der Waals surface area (Å²) in [5.74, 6) is 0.787. The fraction of sp³-hybridized carbons (Fsp3) is 0.625. The van der Waals surface area contributed by atoms with Crippen LogP contribution in [0.4, 0.5) is 0 Å². The molecule has 0 aliphatic heterocycles. The highest BCUT2D eigenvalue weighted by atomic mass is 16.5. The van der Waals surface area contributed by atoms with Gasteiger partial charge in [0.1, 0.15) is 0 Å². The number of hydrogen-bond donors (Lipinski definition) is 1. The Hall–Kier alpha value is -1.03. The van der Waals surface area contributed by atoms with Crippen LogP contribution in [0.5, 0.6) is 5.75 Å². The first-order valence-corrected chi connectivity index (χ1v) is 4.05. The lowest BCUT2D eigenvalue weighted by Crippen LogP contribution is -1.97. The Bertz CT molecular complexity index is 223. The van der Waals surface area contributed by atoms with Crippen LogP contribution in [-0.2, 0) is 7.05 Å². The molecule has 1 aromatic heterocycles. The van der Waals surface area contributed by atoms with Crippen molar-refractivity contribution in [2.45, 2.75) is 12.8 Å². The van der Waals surface area contributed by atoms with Gasteiger partial charge in [-0.2, -0.15) is 5.10 Å². The van der Waals surface area contributed by atoms with Crippen LogP contribution in [0.25, 0.3) is 0 Å². The zero-order chi connectivity index (χ0) is 8.81. The first-order chi connectivity index (χ1) is 5.83. The molecule has 1 N–H and O–H groups in total. The molecular weight excluding hydrogens is 156 g/mol. The summed E-state index contributed by atoms with van der Waals surface area (Å²) in [4.78, 5) is 0. The van der Waals surface area contributed by atoms with Crippen molar-refractivity contribution >= 4 is 0 Å². The van der Waals surface area contributed by atoms with Gasteiger partial charge in [-0.05, 0) is 12.8 Å². The van der Waals surface area contributed by atoms with Crippen molar-refractivity contribution in [3.8, 4) is 5.75 Å². The second-order valence-electron chi connectivity index (χ2n) is 2.63. The summed E-state index contributed by atoms with van der Waals surface area (Å²) in [6.07, 6.45) is 5.17. The smallest absolute Gasteiger partial charge is 0.157 e. The maximum Gasteiger partial charge on any atom is 0.157 e. The highest BCUT2D eigenvalue weighted by Crippen LogP contribution is 2.07. The van der Waals surface area contributed by atoms with Crippen LogP contribution >= 0.6 is 0 Å². The van der Waals surface area contributed by atoms with Crippen molar-refractivity contribution in [1.82, 2.24) is 9.78 Å². The minimum absolute atomic E-state index is 0.233. The van der Waals surface area contributed by atoms with E-state index in [1.54, 1.807) is 10.9 Å². The highest BCUT2D eigenvalue weighted by Gasteiger charge is 1.95. The lowest BCUT2D eigenvalue weighted by molar-refractivity contribution is 0.253. The molecule has 1 aromatic rings. The van der Waals surface area contributed by atoms with E-state index in [9.17, 15) is 0 Å². The second kappa shape index (κ2) is 4.77. The maximum atomic E-state index is 8.50. The summed E-state index contributed by atoms with van der Waals surface area (Å²) >= 11 is 0. The Morgan fingerprint density at radius 3 is 3.00 bits per heavy atom. The van der Waals surface area contributed by atoms with E-state index in [0.29, 0.717) is 6.61 Å². The average molecular weight is 170 g/mol. The Morgan fingerprint density at radius 2 is 2.42 bits per heavy atom. The highest BCUT2D eigenvalue weighted by molar-refractivity contribution is 5.10. The Kier molecular flexibility index (Phi) is 3.60. The van der Waals surface area contributed by atoms with Crippen LogP contribution in [-0.4, -0.2) is 28.1 Å². The zero-order valence-corrected chi connectivity index (χ0v) is 7.23. The molecule has 0 amide bonds. The van der Waals surface area contributed by atoms with E-state index in [1.807, 2.05) is 13.2 Å². The largest absolute Gasteiger partial charge is 0.490 e. The van der Waals surface area contributed by atoms with Crippen molar-refractivity contribution in [2.24, 2.45) is 7.05 Å². The van der Waals surface area contributed by atoms with E-state index < -0.39 is 0 Å². The van der Waals surface area contributed by atoms with E-state index in [4.69, 9.17) is 9.84 Å². The SMILES string of the molecule is Cn1cc(OCCCCO)cn1. The fourth-order valence-corrected chi connectivity index (χ4v) is 0.877. The molecule has 0 spiro atoms. The lowest BCUT2D eigenvalue weighted by atomic mass is 10.3. The van der Waals surface area contributed by atoms with Crippen LogP contribution in [0.2, 0.25) is 0 Å². The number of ether oxygens (including phenoxy) is 1. The molecule has 0 saturated heterocycles. The minimum Gasteiger partial charge on any atom is -0.490 e. The number of aliphatic hydroxyl groups excluding tert-OH is 1. The van der Waals surface area contributed by atoms with Gasteiger partial charge >= 0.3 is 0 Å². The maximum absolute atomic E-state index is 8.50. The molecule has 4 nitrogen and oxygen atoms in total. The van der Waals surface area contributed by atoms with Crippen LogP contribution < -0.4 is 4.74 Å². The van der Waals surface area contributed by atoms with Gasteiger partial charge in [0.2, 0.25) is 0 Å². The van der Waals surface area contributed by atoms with Crippen molar-refractivity contribution in [1.29, 1.82) is 0 Å². The quantitative estimate of drug-likeness (QED) is 0.657. The van der Waals surface area contributed by atoms with Gasteiger partial charge in [-0.15, -0.1) is 0 Å². The van der Waals surface area contributed by atoms with Crippen LogP contribution in [0.1, 0.15) is 12.8 Å². The topological polar surface area (TPSA) is 47.3 Å². The molecule has 4 heteroatoms. The third kappa shape index (κ3) is 2.92. The van der Waals surface area contributed by atoms with Gasteiger partial charge in [-0.25, -0.2) is 0 Å². The first-order valence-electron chi connectivity index (χ1n) is 4.05. The normalized spacial score (nSPS) is 10.2. The summed E-state index contributed by atoms with van der Waals surface area (Å²) in [6, 6.07) is 0. The number of hydrogen-bond acceptors (Lipinski definition) is 3. The molecule has 12 heavy (non-hydrogen) atoms. The molecule has 1 heterocycles. The predicted octanol–water partition coefficient (Wildman–Crippen LogP) is 0.571. The van der Waals surface area contributed by atoms with Crippen LogP contribution in [0, 0.1) is 0 Å². The fourth-order valence-electron chi connectivity index (χ4n) is 0.877. The third-order valence-corrected chi connectivity index (χ3v) is 1.50. The van der Waals surface area contributed by atoms with Crippen molar-refractivity contribution in [3.05, 3.63) is 12.4 Å². The van der Waals surface area contributed by atoms with Gasteiger partial charge in [-0.1, -0.05) is 0 Å². The lowest BCUT2D eigenvalue weighted by Gasteiger charge is -2.00. The third-order valence-electron chi connectivity index (χ3n) is 1.50. The molecule has 0 unspecified atom stereocenters. The average Bonchev–Trinajstić information content (AvgIpc) is 2.45. The Morgan fingerprint density at radius 1 is 1.58 bits per heavy atom. The van der Waals surface area contributed by atoms with E-state index in [0.717, 1.165) is 18.6 Å². The first kappa shape index (κ1) is 9.06. The molecule has 0 fully saturated rings. The van der Waals surface area contributed by atoms with Crippen LogP contribution in [0.15, 0.2) is 12.4 Å². The number of aryl methyl sites for hydroxylation is 1. The zero-order valence-electron chi connectivity index (χ0n) is 7.23. The molecule has 0 aliphatic carbocycles. The standard InChI is InChI=1S/C8H14N2O2/c1-10-7-8(6-9-10)12-5-3-2-4-11/h6-7,11H,2-5H2,1H3. The van der Waals surface area contributed by atoms with Crippen molar-refractivity contribution in [3.63, 3.8) is 0 Å². The number of unbranched alkanes of at least 4 members (excludes halogenated alkanes) is 1. The summed E-state index contributed by atoms with van der Waals surface area (Å²) < 4.78 is 7.03. The number of aliphatic hydroxyl groups is 1. The number of rotatable bonds is 5. The molecule has 0 bridgehead atoms. The van der Waals surface area contributed by atoms with Gasteiger partial charge < -0.3 is 9.84 Å². The number of aromatic nitrogens is 2. The van der Waals surface area contributed by atoms with E-state index >= 15 is 0 Å². The Labute approximate surface area is 71.8 Å². The molecule has 0 radical (unpaired) electrons. The second-order valence-corrected chi connectivity index (χ2v) is 2.63. The van der Waals surface area contributed by atoms with E-state index in [-0.39, 0.29) is 6.61 Å². The van der Waals surface area contributed by atoms with E-state index in [1.165, 1.54) is 0 Å².